The normalized spacial score (nSPS) is 23.5. The van der Waals surface area contributed by atoms with Crippen molar-refractivity contribution >= 4 is 17.6 Å². The smallest absolute Gasteiger partial charge is 0.416 e. The largest absolute Gasteiger partial charge is 0.487 e. The summed E-state index contributed by atoms with van der Waals surface area (Å²) < 4.78 is 52.7. The van der Waals surface area contributed by atoms with Gasteiger partial charge in [-0.2, -0.15) is 13.2 Å². The van der Waals surface area contributed by atoms with Crippen molar-refractivity contribution in [1.29, 1.82) is 0 Å². The fraction of sp³-hybridized carbons (Fsp3) is 0.321. The fourth-order valence-electron chi connectivity index (χ4n) is 5.42. The van der Waals surface area contributed by atoms with Crippen LogP contribution in [0.25, 0.3) is 0 Å². The van der Waals surface area contributed by atoms with Crippen LogP contribution >= 0.6 is 0 Å². The molecule has 2 amide bonds. The number of alkyl halides is 3. The number of aromatic nitrogens is 1. The third-order valence-corrected chi connectivity index (χ3v) is 7.84. The lowest BCUT2D eigenvalue weighted by molar-refractivity contribution is -0.137. The number of anilines is 1. The number of fused-ring (bicyclic) bond motifs is 4. The van der Waals surface area contributed by atoms with Crippen LogP contribution in [0.15, 0.2) is 48.7 Å². The minimum absolute atomic E-state index is 0.0756. The minimum Gasteiger partial charge on any atom is -0.487 e. The SMILES string of the molecule is NC1(c2cc(C(=O)NC3C4Oc5ccc(Oc6ccnc7c6CCC(=O)N7)cc5C34)cc(C(F)(F)F)c2)CC1. The van der Waals surface area contributed by atoms with Gasteiger partial charge in [-0.25, -0.2) is 4.98 Å². The number of amides is 2. The first-order chi connectivity index (χ1) is 18.6. The quantitative estimate of drug-likeness (QED) is 0.446. The van der Waals surface area contributed by atoms with Crippen molar-refractivity contribution in [1.82, 2.24) is 10.3 Å². The van der Waals surface area contributed by atoms with Gasteiger partial charge in [0.15, 0.2) is 0 Å². The Balaban J connectivity index is 1.09. The van der Waals surface area contributed by atoms with Crippen LogP contribution in [0.4, 0.5) is 19.0 Å². The van der Waals surface area contributed by atoms with E-state index in [9.17, 15) is 22.8 Å². The summed E-state index contributed by atoms with van der Waals surface area (Å²) in [6.45, 7) is 0. The molecule has 0 radical (unpaired) electrons. The maximum Gasteiger partial charge on any atom is 0.416 e. The highest BCUT2D eigenvalue weighted by atomic mass is 19.4. The maximum atomic E-state index is 13.5. The zero-order valence-electron chi connectivity index (χ0n) is 20.5. The van der Waals surface area contributed by atoms with Crippen LogP contribution in [0.2, 0.25) is 0 Å². The van der Waals surface area contributed by atoms with E-state index in [1.54, 1.807) is 24.4 Å². The number of rotatable bonds is 5. The third kappa shape index (κ3) is 4.17. The molecule has 2 aromatic carbocycles. The summed E-state index contributed by atoms with van der Waals surface area (Å²) in [6.07, 6.45) is -1.32. The van der Waals surface area contributed by atoms with Crippen molar-refractivity contribution < 1.29 is 32.2 Å². The molecular weight excluding hydrogens is 513 g/mol. The molecule has 3 atom stereocenters. The average Bonchev–Trinajstić information content (AvgIpc) is 3.77. The number of hydrogen-bond donors (Lipinski definition) is 3. The van der Waals surface area contributed by atoms with Gasteiger partial charge in [0.25, 0.3) is 5.91 Å². The lowest BCUT2D eigenvalue weighted by atomic mass is 9.98. The van der Waals surface area contributed by atoms with E-state index in [-0.39, 0.29) is 29.5 Å². The molecule has 7 rings (SSSR count). The van der Waals surface area contributed by atoms with E-state index in [4.69, 9.17) is 15.2 Å². The van der Waals surface area contributed by atoms with Crippen molar-refractivity contribution in [2.45, 2.75) is 55.5 Å². The van der Waals surface area contributed by atoms with Crippen LogP contribution in [0.1, 0.15) is 57.8 Å². The Morgan fingerprint density at radius 2 is 1.97 bits per heavy atom. The van der Waals surface area contributed by atoms with Gasteiger partial charge in [0, 0.05) is 34.8 Å². The highest BCUT2D eigenvalue weighted by Crippen LogP contribution is 2.55. The molecule has 39 heavy (non-hydrogen) atoms. The van der Waals surface area contributed by atoms with Crippen LogP contribution in [-0.2, 0) is 22.9 Å². The zero-order valence-corrected chi connectivity index (χ0v) is 20.5. The second kappa shape index (κ2) is 8.19. The predicted molar refractivity (Wildman–Crippen MR) is 133 cm³/mol. The molecule has 1 aromatic heterocycles. The molecule has 2 saturated carbocycles. The second-order valence-electron chi connectivity index (χ2n) is 10.5. The summed E-state index contributed by atoms with van der Waals surface area (Å²) >= 11 is 0. The number of carbonyl (C=O) groups excluding carboxylic acids is 2. The van der Waals surface area contributed by atoms with Gasteiger partial charge in [-0.1, -0.05) is 0 Å². The second-order valence-corrected chi connectivity index (χ2v) is 10.5. The average molecular weight is 537 g/mol. The van der Waals surface area contributed by atoms with Crippen molar-refractivity contribution in [2.75, 3.05) is 5.32 Å². The lowest BCUT2D eigenvalue weighted by Gasteiger charge is -2.19. The summed E-state index contributed by atoms with van der Waals surface area (Å²) in [5.41, 5.74) is 6.35. The fourth-order valence-corrected chi connectivity index (χ4v) is 5.42. The number of pyridine rings is 1. The van der Waals surface area contributed by atoms with Crippen LogP contribution in [-0.4, -0.2) is 28.9 Å². The van der Waals surface area contributed by atoms with E-state index in [0.717, 1.165) is 23.3 Å². The number of benzene rings is 2. The molecule has 4 N–H and O–H groups in total. The molecule has 0 bridgehead atoms. The molecule has 200 valence electrons. The highest BCUT2D eigenvalue weighted by molar-refractivity contribution is 5.95. The van der Waals surface area contributed by atoms with E-state index >= 15 is 0 Å². The standard InChI is InChI=1S/C28H23F3N4O4/c29-28(30,31)15-10-13(9-14(11-15)27(32)6-7-27)26(37)35-23-22-18-12-16(1-3-19(18)39-24(22)23)38-20-5-8-33-25-17(20)2-4-21(36)34-25/h1,3,5,8-12,22-24H,2,4,6-7,32H2,(H,35,37)(H,33,34,36). The Kier molecular flexibility index (Phi) is 5.03. The lowest BCUT2D eigenvalue weighted by Crippen LogP contribution is -2.31. The molecule has 8 nitrogen and oxygen atoms in total. The Labute approximate surface area is 220 Å². The first-order valence-electron chi connectivity index (χ1n) is 12.7. The molecule has 3 unspecified atom stereocenters. The molecule has 2 fully saturated rings. The van der Waals surface area contributed by atoms with Gasteiger partial charge in [-0.05, 0) is 67.3 Å². The van der Waals surface area contributed by atoms with Gasteiger partial charge < -0.3 is 25.8 Å². The van der Waals surface area contributed by atoms with Crippen LogP contribution in [0, 0.1) is 0 Å². The number of hydrogen-bond acceptors (Lipinski definition) is 6. The number of halogens is 3. The third-order valence-electron chi connectivity index (χ3n) is 7.84. The number of nitrogens with one attached hydrogen (secondary N) is 2. The van der Waals surface area contributed by atoms with Gasteiger partial charge in [0.1, 0.15) is 29.2 Å². The van der Waals surface area contributed by atoms with E-state index < -0.39 is 23.2 Å². The van der Waals surface area contributed by atoms with Crippen LogP contribution in [0.5, 0.6) is 17.2 Å². The molecule has 2 aliphatic carbocycles. The molecule has 3 heterocycles. The summed E-state index contributed by atoms with van der Waals surface area (Å²) in [5, 5.41) is 5.59. The molecule has 11 heteroatoms. The van der Waals surface area contributed by atoms with Crippen molar-refractivity contribution in [3.63, 3.8) is 0 Å². The van der Waals surface area contributed by atoms with Crippen LogP contribution < -0.4 is 25.8 Å². The van der Waals surface area contributed by atoms with Crippen molar-refractivity contribution in [3.05, 3.63) is 76.5 Å². The number of carbonyl (C=O) groups is 2. The predicted octanol–water partition coefficient (Wildman–Crippen LogP) is 4.38. The Morgan fingerprint density at radius 3 is 2.74 bits per heavy atom. The molecule has 2 aliphatic heterocycles. The molecule has 3 aromatic rings. The molecule has 0 saturated heterocycles. The Morgan fingerprint density at radius 1 is 1.15 bits per heavy atom. The van der Waals surface area contributed by atoms with Gasteiger partial charge in [0.05, 0.1) is 17.5 Å². The van der Waals surface area contributed by atoms with Gasteiger partial charge in [0.2, 0.25) is 5.91 Å². The molecule has 4 aliphatic rings. The monoisotopic (exact) mass is 536 g/mol. The van der Waals surface area contributed by atoms with Crippen LogP contribution in [0.3, 0.4) is 0 Å². The van der Waals surface area contributed by atoms with E-state index in [0.29, 0.717) is 54.3 Å². The number of ether oxygens (including phenoxy) is 2. The summed E-state index contributed by atoms with van der Waals surface area (Å²) in [7, 11) is 0. The summed E-state index contributed by atoms with van der Waals surface area (Å²) in [6, 6.07) is 10.1. The van der Waals surface area contributed by atoms with E-state index in [2.05, 4.69) is 15.6 Å². The van der Waals surface area contributed by atoms with Gasteiger partial charge >= 0.3 is 6.18 Å². The van der Waals surface area contributed by atoms with Gasteiger partial charge in [-0.3, -0.25) is 9.59 Å². The van der Waals surface area contributed by atoms with Crippen molar-refractivity contribution in [3.8, 4) is 17.2 Å². The zero-order chi connectivity index (χ0) is 27.1. The van der Waals surface area contributed by atoms with E-state index in [1.165, 1.54) is 6.07 Å². The minimum atomic E-state index is -4.59. The van der Waals surface area contributed by atoms with Gasteiger partial charge in [-0.15, -0.1) is 0 Å². The highest BCUT2D eigenvalue weighted by Gasteiger charge is 2.60. The maximum absolute atomic E-state index is 13.5. The summed E-state index contributed by atoms with van der Waals surface area (Å²) in [5.74, 6) is 1.46. The number of nitrogens with two attached hydrogens (primary N) is 1. The first-order valence-corrected chi connectivity index (χ1v) is 12.7. The molecular formula is C28H23F3N4O4. The first kappa shape index (κ1) is 24.0. The van der Waals surface area contributed by atoms with Crippen molar-refractivity contribution in [2.24, 2.45) is 5.73 Å². The van der Waals surface area contributed by atoms with E-state index in [1.807, 2.05) is 6.07 Å². The number of nitrogens with zero attached hydrogens (tertiary/aromatic N) is 1. The summed E-state index contributed by atoms with van der Waals surface area (Å²) in [4.78, 5) is 29.0. The Bertz CT molecular complexity index is 1530. The molecule has 0 spiro atoms. The topological polar surface area (TPSA) is 116 Å². The Hall–Kier alpha value is -4.12.